The maximum absolute atomic E-state index is 6.04. The van der Waals surface area contributed by atoms with Crippen molar-refractivity contribution in [3.8, 4) is 0 Å². The first kappa shape index (κ1) is 18.6. The van der Waals surface area contributed by atoms with E-state index in [1.807, 2.05) is 32.0 Å². The molecular formula is C17H28BrNO2. The molecule has 0 aliphatic heterocycles. The van der Waals surface area contributed by atoms with Crippen LogP contribution in [-0.2, 0) is 9.47 Å². The van der Waals surface area contributed by atoms with Crippen molar-refractivity contribution in [1.29, 1.82) is 0 Å². The molecule has 4 heteroatoms. The molecule has 3 nitrogen and oxygen atoms in total. The van der Waals surface area contributed by atoms with Gasteiger partial charge in [-0.25, -0.2) is 0 Å². The lowest BCUT2D eigenvalue weighted by atomic mass is 10.1. The van der Waals surface area contributed by atoms with Crippen molar-refractivity contribution in [1.82, 2.24) is 5.32 Å². The van der Waals surface area contributed by atoms with Crippen LogP contribution < -0.4 is 5.32 Å². The van der Waals surface area contributed by atoms with Gasteiger partial charge in [-0.15, -0.1) is 0 Å². The molecular weight excluding hydrogens is 330 g/mol. The molecule has 21 heavy (non-hydrogen) atoms. The summed E-state index contributed by atoms with van der Waals surface area (Å²) in [6.45, 7) is 12.5. The van der Waals surface area contributed by atoms with Crippen LogP contribution in [-0.4, -0.2) is 31.4 Å². The molecule has 0 amide bonds. The van der Waals surface area contributed by atoms with E-state index in [9.17, 15) is 0 Å². The third-order valence-electron chi connectivity index (χ3n) is 2.92. The highest BCUT2D eigenvalue weighted by atomic mass is 79.9. The van der Waals surface area contributed by atoms with Crippen LogP contribution in [0.25, 0.3) is 0 Å². The minimum absolute atomic E-state index is 0.00978. The molecule has 0 bridgehead atoms. The Kier molecular flexibility index (Phi) is 7.88. The van der Waals surface area contributed by atoms with Crippen LogP contribution in [0.3, 0.4) is 0 Å². The van der Waals surface area contributed by atoms with Gasteiger partial charge in [0.15, 0.2) is 0 Å². The van der Waals surface area contributed by atoms with Crippen LogP contribution >= 0.6 is 15.9 Å². The first-order valence-electron chi connectivity index (χ1n) is 7.52. The predicted molar refractivity (Wildman–Crippen MR) is 91.7 cm³/mol. The van der Waals surface area contributed by atoms with Crippen molar-refractivity contribution in [3.63, 3.8) is 0 Å². The Morgan fingerprint density at radius 3 is 2.29 bits per heavy atom. The van der Waals surface area contributed by atoms with Crippen LogP contribution in [0.4, 0.5) is 0 Å². The summed E-state index contributed by atoms with van der Waals surface area (Å²) in [5.41, 5.74) is 1.23. The molecule has 1 atom stereocenters. The summed E-state index contributed by atoms with van der Waals surface area (Å²) in [5, 5.41) is 3.51. The molecule has 1 unspecified atom stereocenters. The summed E-state index contributed by atoms with van der Waals surface area (Å²) in [6, 6.07) is 8.21. The van der Waals surface area contributed by atoms with Gasteiger partial charge < -0.3 is 14.8 Å². The number of nitrogens with one attached hydrogen (secondary N) is 1. The van der Waals surface area contributed by atoms with E-state index in [0.717, 1.165) is 11.0 Å². The largest absolute Gasteiger partial charge is 0.376 e. The lowest BCUT2D eigenvalue weighted by molar-refractivity contribution is -0.0148. The van der Waals surface area contributed by atoms with Gasteiger partial charge in [-0.1, -0.05) is 34.1 Å². The van der Waals surface area contributed by atoms with Crippen LogP contribution in [0.5, 0.6) is 0 Å². The maximum atomic E-state index is 6.04. The Balaban J connectivity index is 2.64. The lowest BCUT2D eigenvalue weighted by Gasteiger charge is -2.26. The molecule has 1 aromatic rings. The van der Waals surface area contributed by atoms with Crippen LogP contribution in [0.2, 0.25) is 0 Å². The number of halogens is 1. The Labute approximate surface area is 137 Å². The Bertz CT molecular complexity index is 415. The molecule has 0 heterocycles. The minimum atomic E-state index is 0.00978. The quantitative estimate of drug-likeness (QED) is 0.702. The third-order valence-corrected chi connectivity index (χ3v) is 3.65. The summed E-state index contributed by atoms with van der Waals surface area (Å²) < 4.78 is 12.7. The topological polar surface area (TPSA) is 30.5 Å². The molecule has 1 N–H and O–H groups in total. The molecule has 0 radical (unpaired) electrons. The number of hydrogen-bond donors (Lipinski definition) is 1. The fraction of sp³-hybridized carbons (Fsp3) is 0.647. The molecule has 0 aliphatic carbocycles. The van der Waals surface area contributed by atoms with Gasteiger partial charge in [0.1, 0.15) is 0 Å². The SMILES string of the molecule is CC(C)OCCOC(CNC(C)(C)C)c1ccccc1Br. The second kappa shape index (κ2) is 8.89. The smallest absolute Gasteiger partial charge is 0.0961 e. The normalized spacial score (nSPS) is 13.7. The van der Waals surface area contributed by atoms with Crippen molar-refractivity contribution >= 4 is 15.9 Å². The van der Waals surface area contributed by atoms with Crippen molar-refractivity contribution in [2.75, 3.05) is 19.8 Å². The van der Waals surface area contributed by atoms with E-state index < -0.39 is 0 Å². The van der Waals surface area contributed by atoms with Crippen LogP contribution in [0.15, 0.2) is 28.7 Å². The zero-order chi connectivity index (χ0) is 15.9. The van der Waals surface area contributed by atoms with Gasteiger partial charge in [0.25, 0.3) is 0 Å². The predicted octanol–water partition coefficient (Wildman–Crippen LogP) is 4.32. The number of ether oxygens (including phenoxy) is 2. The molecule has 0 saturated carbocycles. The maximum Gasteiger partial charge on any atom is 0.0961 e. The molecule has 0 spiro atoms. The molecule has 0 fully saturated rings. The lowest BCUT2D eigenvalue weighted by Crippen LogP contribution is -2.39. The Hall–Kier alpha value is -0.420. The average molecular weight is 358 g/mol. The van der Waals surface area contributed by atoms with Gasteiger partial charge in [-0.3, -0.25) is 0 Å². The van der Waals surface area contributed by atoms with E-state index in [1.54, 1.807) is 0 Å². The van der Waals surface area contributed by atoms with Gasteiger partial charge in [0.05, 0.1) is 25.4 Å². The Morgan fingerprint density at radius 2 is 1.71 bits per heavy atom. The van der Waals surface area contributed by atoms with Gasteiger partial charge in [-0.2, -0.15) is 0 Å². The van der Waals surface area contributed by atoms with Crippen molar-refractivity contribution in [2.45, 2.75) is 52.4 Å². The van der Waals surface area contributed by atoms with Gasteiger partial charge in [-0.05, 0) is 46.2 Å². The summed E-state index contributed by atoms with van der Waals surface area (Å²) in [5.74, 6) is 0. The molecule has 0 aromatic heterocycles. The standard InChI is InChI=1S/C17H28BrNO2/c1-13(2)20-10-11-21-16(12-19-17(3,4)5)14-8-6-7-9-15(14)18/h6-9,13,16,19H,10-12H2,1-5H3. The number of benzene rings is 1. The van der Waals surface area contributed by atoms with Crippen LogP contribution in [0, 0.1) is 0 Å². The fourth-order valence-corrected chi connectivity index (χ4v) is 2.41. The van der Waals surface area contributed by atoms with E-state index >= 15 is 0 Å². The average Bonchev–Trinajstić information content (AvgIpc) is 2.37. The molecule has 1 rings (SSSR count). The monoisotopic (exact) mass is 357 g/mol. The first-order chi connectivity index (χ1) is 9.79. The third kappa shape index (κ3) is 7.96. The second-order valence-electron chi connectivity index (χ2n) is 6.43. The van der Waals surface area contributed by atoms with E-state index in [-0.39, 0.29) is 17.7 Å². The van der Waals surface area contributed by atoms with Crippen LogP contribution in [0.1, 0.15) is 46.3 Å². The number of rotatable bonds is 8. The van der Waals surface area contributed by atoms with E-state index in [2.05, 4.69) is 48.1 Å². The highest BCUT2D eigenvalue weighted by molar-refractivity contribution is 9.10. The van der Waals surface area contributed by atoms with Crippen molar-refractivity contribution in [2.24, 2.45) is 0 Å². The number of hydrogen-bond acceptors (Lipinski definition) is 3. The molecule has 0 aliphatic rings. The second-order valence-corrected chi connectivity index (χ2v) is 7.29. The van der Waals surface area contributed by atoms with Crippen molar-refractivity contribution < 1.29 is 9.47 Å². The van der Waals surface area contributed by atoms with Gasteiger partial charge >= 0.3 is 0 Å². The van der Waals surface area contributed by atoms with Gasteiger partial charge in [0, 0.05) is 16.6 Å². The molecule has 0 saturated heterocycles. The zero-order valence-corrected chi connectivity index (χ0v) is 15.4. The van der Waals surface area contributed by atoms with Gasteiger partial charge in [0.2, 0.25) is 0 Å². The van der Waals surface area contributed by atoms with E-state index in [4.69, 9.17) is 9.47 Å². The van der Waals surface area contributed by atoms with Crippen molar-refractivity contribution in [3.05, 3.63) is 34.3 Å². The first-order valence-corrected chi connectivity index (χ1v) is 8.31. The minimum Gasteiger partial charge on any atom is -0.376 e. The fourth-order valence-electron chi connectivity index (χ4n) is 1.87. The Morgan fingerprint density at radius 1 is 1.10 bits per heavy atom. The molecule has 1 aromatic carbocycles. The van der Waals surface area contributed by atoms with E-state index in [0.29, 0.717) is 13.2 Å². The molecule has 120 valence electrons. The summed E-state index contributed by atoms with van der Waals surface area (Å²) in [7, 11) is 0. The summed E-state index contributed by atoms with van der Waals surface area (Å²) >= 11 is 3.61. The zero-order valence-electron chi connectivity index (χ0n) is 13.8. The summed E-state index contributed by atoms with van der Waals surface area (Å²) in [6.07, 6.45) is 0.249. The highest BCUT2D eigenvalue weighted by Crippen LogP contribution is 2.26. The highest BCUT2D eigenvalue weighted by Gasteiger charge is 2.18. The van der Waals surface area contributed by atoms with E-state index in [1.165, 1.54) is 5.56 Å². The summed E-state index contributed by atoms with van der Waals surface area (Å²) in [4.78, 5) is 0.